The number of allylic oxidation sites excluding steroid dienone is 4. The average Bonchev–Trinajstić information content (AvgIpc) is 1.70. The first-order valence-electron chi connectivity index (χ1n) is 28.8. The van der Waals surface area contributed by atoms with Crippen LogP contribution in [0.2, 0.25) is 0 Å². The third-order valence-corrected chi connectivity index (χ3v) is 17.8. The van der Waals surface area contributed by atoms with Gasteiger partial charge in [0.05, 0.1) is 59.3 Å². The maximum Gasteiger partial charge on any atom is 0.341 e. The van der Waals surface area contributed by atoms with Crippen LogP contribution in [0.15, 0.2) is 64.6 Å². The molecular formula is C62H74FN5O17. The molecule has 6 N–H and O–H groups in total. The van der Waals surface area contributed by atoms with E-state index in [1.54, 1.807) is 48.1 Å². The Bertz CT molecular complexity index is 3460. The second kappa shape index (κ2) is 24.2. The zero-order valence-electron chi connectivity index (χ0n) is 49.3. The van der Waals surface area contributed by atoms with Crippen molar-refractivity contribution in [2.45, 2.75) is 136 Å². The summed E-state index contributed by atoms with van der Waals surface area (Å²) in [6, 6.07) is 0.465. The number of nitrogens with one attached hydrogen (secondary N) is 2. The van der Waals surface area contributed by atoms with E-state index in [-0.39, 0.29) is 94.9 Å². The molecule has 1 aromatic heterocycles. The molecule has 2 saturated heterocycles. The van der Waals surface area contributed by atoms with E-state index in [0.29, 0.717) is 19.4 Å². The number of rotatable bonds is 9. The number of pyridine rings is 1. The Kier molecular flexibility index (Phi) is 17.6. The van der Waals surface area contributed by atoms with Crippen molar-refractivity contribution in [3.63, 3.8) is 0 Å². The summed E-state index contributed by atoms with van der Waals surface area (Å²) in [4.78, 5) is 115. The summed E-state index contributed by atoms with van der Waals surface area (Å²) in [6.45, 7) is 12.7. The molecule has 10 rings (SSSR count). The maximum absolute atomic E-state index is 16.3. The van der Waals surface area contributed by atoms with E-state index in [1.807, 2.05) is 0 Å². The van der Waals surface area contributed by atoms with Gasteiger partial charge in [-0.1, -0.05) is 45.9 Å². The van der Waals surface area contributed by atoms with Crippen LogP contribution in [0, 0.1) is 42.3 Å². The van der Waals surface area contributed by atoms with Crippen LogP contribution in [0.4, 0.5) is 10.1 Å². The summed E-state index contributed by atoms with van der Waals surface area (Å²) in [5.74, 6) is -13.2. The first-order valence-corrected chi connectivity index (χ1v) is 28.8. The van der Waals surface area contributed by atoms with Crippen LogP contribution < -0.4 is 30.4 Å². The van der Waals surface area contributed by atoms with Crippen molar-refractivity contribution in [1.82, 2.24) is 20.1 Å². The van der Waals surface area contributed by atoms with Gasteiger partial charge in [0, 0.05) is 106 Å². The van der Waals surface area contributed by atoms with Crippen molar-refractivity contribution in [1.29, 1.82) is 0 Å². The highest BCUT2D eigenvalue weighted by molar-refractivity contribution is 6.32. The van der Waals surface area contributed by atoms with E-state index in [2.05, 4.69) is 10.6 Å². The van der Waals surface area contributed by atoms with Gasteiger partial charge < -0.3 is 69.1 Å². The molecule has 5 aliphatic heterocycles. The van der Waals surface area contributed by atoms with E-state index in [4.69, 9.17) is 23.7 Å². The molecule has 456 valence electrons. The topological polar surface area (TPSA) is 299 Å². The second-order valence-corrected chi connectivity index (χ2v) is 23.5. The number of carboxylic acids is 1. The van der Waals surface area contributed by atoms with E-state index in [1.165, 1.54) is 66.3 Å². The molecule has 10 atom stereocenters. The molecule has 85 heavy (non-hydrogen) atoms. The molecule has 6 heterocycles. The molecule has 23 heteroatoms. The molecule has 5 bridgehead atoms. The number of aromatic carboxylic acids is 1. The fourth-order valence-corrected chi connectivity index (χ4v) is 12.7. The zero-order chi connectivity index (χ0) is 61.8. The van der Waals surface area contributed by atoms with Crippen molar-refractivity contribution in [3.8, 4) is 17.2 Å². The minimum absolute atomic E-state index is 0.000893. The number of nitrogens with zero attached hydrogens (tertiary/aromatic N) is 3. The lowest BCUT2D eigenvalue weighted by Gasteiger charge is -2.38. The highest BCUT2D eigenvalue weighted by Gasteiger charge is 2.53. The number of hydrogen-bond donors (Lipinski definition) is 6. The third kappa shape index (κ3) is 11.4. The molecule has 22 nitrogen and oxygen atoms in total. The van der Waals surface area contributed by atoms with Gasteiger partial charge in [0.25, 0.3) is 11.7 Å². The number of anilines is 1. The number of carboxylic acid groups (broad SMARTS) is 1. The van der Waals surface area contributed by atoms with Gasteiger partial charge >= 0.3 is 17.7 Å². The number of benzene rings is 2. The SMILES string of the molecule is COc1c(N2CCCC(NC(=O)C3CCN(C4=C5NC(=O)/C(C)=C\C=C\[C@@H](C)[C@H](O)[C@@H](C)[C@H](O)[C@@H](C)[C@@H](OC(C)=O)[C@H](C)[C@@H](OC)/C=C/O[C@@]6(C)Oc7c(C)c(O)c(c(c7C6=O)C4=O)C5=O)CC3)C2)c(F)cc2c(=O)c(C(=O)O)cn(C3CC3)c12. The lowest BCUT2D eigenvalue weighted by Crippen LogP contribution is -2.51. The van der Waals surface area contributed by atoms with Crippen molar-refractivity contribution >= 4 is 57.7 Å². The standard InChI is InChI=1S/C62H74FN5O17/c1-28-13-11-14-29(2)59(77)65-45-48(66-22-18-35(19-23-66)60(78)64-36-15-12-21-67(26-36)47-40(63)25-38-46(57(47)82-10)68(37-16-17-37)27-39(52(38)73)61(79)80)54(75)42-43(53(45)74)51(72)33(6)56-44(42)58(76)62(8,85-56)83-24-20-41(81-9)30(3)55(84-34(7)69)32(5)50(71)31(4)49(28)70/h11,13-14,20,24-25,27-28,30-32,35-37,41,49-50,55,70-72H,12,15-19,21-23,26H2,1-10H3,(H,64,78)(H,65,77)(H,79,80)/b13-11+,24-20+,29-14-/t28-,30-,31-,32-,36?,41+,49+,50+,55+,62+/m1/s1. The van der Waals surface area contributed by atoms with Crippen molar-refractivity contribution < 1.29 is 82.1 Å². The van der Waals surface area contributed by atoms with Crippen molar-refractivity contribution in [2.75, 3.05) is 45.3 Å². The maximum atomic E-state index is 16.3. The first-order chi connectivity index (χ1) is 40.2. The summed E-state index contributed by atoms with van der Waals surface area (Å²) >= 11 is 0. The van der Waals surface area contributed by atoms with Crippen LogP contribution in [0.5, 0.6) is 17.2 Å². The average molecular weight is 1180 g/mol. The van der Waals surface area contributed by atoms with E-state index < -0.39 is 140 Å². The minimum atomic E-state index is -2.19. The smallest absolute Gasteiger partial charge is 0.341 e. The van der Waals surface area contributed by atoms with Crippen LogP contribution in [-0.4, -0.2) is 148 Å². The molecular weight excluding hydrogens is 1110 g/mol. The number of amides is 2. The van der Waals surface area contributed by atoms with Gasteiger partial charge in [0.2, 0.25) is 22.9 Å². The van der Waals surface area contributed by atoms with Gasteiger partial charge in [-0.2, -0.15) is 0 Å². The Morgan fingerprint density at radius 2 is 1.56 bits per heavy atom. The lowest BCUT2D eigenvalue weighted by atomic mass is 9.78. The lowest BCUT2D eigenvalue weighted by molar-refractivity contribution is -0.160. The fourth-order valence-electron chi connectivity index (χ4n) is 12.7. The van der Waals surface area contributed by atoms with Crippen LogP contribution in [0.25, 0.3) is 10.9 Å². The Morgan fingerprint density at radius 1 is 0.871 bits per heavy atom. The molecule has 3 fully saturated rings. The van der Waals surface area contributed by atoms with E-state index >= 15 is 14.0 Å². The number of methoxy groups -OCH3 is 2. The zero-order valence-corrected chi connectivity index (χ0v) is 49.3. The number of phenols is 1. The van der Waals surface area contributed by atoms with Gasteiger partial charge in [0.15, 0.2) is 11.6 Å². The van der Waals surface area contributed by atoms with Crippen LogP contribution in [0.1, 0.15) is 140 Å². The summed E-state index contributed by atoms with van der Waals surface area (Å²) < 4.78 is 47.6. The van der Waals surface area contributed by atoms with E-state index in [9.17, 15) is 49.2 Å². The monoisotopic (exact) mass is 1180 g/mol. The number of aliphatic hydroxyl groups is 2. The number of carbonyl (C=O) groups excluding carboxylic acids is 6. The van der Waals surface area contributed by atoms with Gasteiger partial charge in [-0.3, -0.25) is 33.6 Å². The predicted molar refractivity (Wildman–Crippen MR) is 306 cm³/mol. The molecule has 1 saturated carbocycles. The van der Waals surface area contributed by atoms with Crippen LogP contribution in [0.3, 0.4) is 0 Å². The summed E-state index contributed by atoms with van der Waals surface area (Å²) in [7, 11) is 2.76. The van der Waals surface area contributed by atoms with Gasteiger partial charge in [-0.05, 0) is 64.5 Å². The summed E-state index contributed by atoms with van der Waals surface area (Å²) in [6.07, 6.45) is 7.11. The van der Waals surface area contributed by atoms with Gasteiger partial charge in [-0.25, -0.2) is 9.18 Å². The molecule has 1 unspecified atom stereocenters. The number of aromatic nitrogens is 1. The number of aromatic hydroxyl groups is 1. The Balaban J connectivity index is 1.01. The number of ether oxygens (including phenoxy) is 5. The summed E-state index contributed by atoms with van der Waals surface area (Å²) in [5.41, 5.74) is -3.13. The fraction of sp³-hybridized carbons (Fsp3) is 0.516. The van der Waals surface area contributed by atoms with Crippen LogP contribution in [-0.2, 0) is 28.6 Å². The first kappa shape index (κ1) is 61.7. The number of phenolic OH excluding ortho intramolecular Hbond substituents is 1. The Morgan fingerprint density at radius 3 is 2.20 bits per heavy atom. The minimum Gasteiger partial charge on any atom is -0.507 e. The molecule has 2 aromatic carbocycles. The molecule has 0 radical (unpaired) electrons. The number of likely N-dealkylation sites (tertiary alicyclic amines) is 1. The third-order valence-electron chi connectivity index (χ3n) is 17.8. The van der Waals surface area contributed by atoms with Gasteiger partial charge in [0.1, 0.15) is 40.2 Å². The number of halogens is 1. The number of hydrogen-bond acceptors (Lipinski definition) is 18. The Hall–Kier alpha value is -7.89. The van der Waals surface area contributed by atoms with Gasteiger partial charge in [-0.15, -0.1) is 0 Å². The molecule has 0 spiro atoms. The number of piperidine rings is 2. The molecule has 2 amide bonds. The number of fused-ring (bicyclic) bond motifs is 15. The predicted octanol–water partition coefficient (Wildman–Crippen LogP) is 5.95. The highest BCUT2D eigenvalue weighted by atomic mass is 19.1. The highest BCUT2D eigenvalue weighted by Crippen LogP contribution is 2.50. The quantitative estimate of drug-likeness (QED) is 0.135. The molecule has 7 aliphatic rings. The Labute approximate surface area is 490 Å². The number of aliphatic hydroxyl groups excluding tert-OH is 2. The summed E-state index contributed by atoms with van der Waals surface area (Å²) in [5, 5.41) is 50.5. The molecule has 2 aliphatic carbocycles. The number of carbonyl (C=O) groups is 7. The van der Waals surface area contributed by atoms with Crippen molar-refractivity contribution in [3.05, 3.63) is 104 Å². The second-order valence-electron chi connectivity index (χ2n) is 23.5. The number of ketones is 3. The molecule has 3 aromatic rings. The largest absolute Gasteiger partial charge is 0.507 e. The van der Waals surface area contributed by atoms with E-state index in [0.717, 1.165) is 25.2 Å². The van der Waals surface area contributed by atoms with Crippen molar-refractivity contribution in [2.24, 2.45) is 29.6 Å². The normalized spacial score (nSPS) is 29.4. The number of esters is 1. The number of Topliss-reactive ketones (excluding diaryl/α,β-unsaturated/α-hetero) is 3. The van der Waals surface area contributed by atoms with Crippen LogP contribution >= 0.6 is 0 Å².